The van der Waals surface area contributed by atoms with Gasteiger partial charge < -0.3 is 4.90 Å². The van der Waals surface area contributed by atoms with Gasteiger partial charge in [-0.2, -0.15) is 13.7 Å². The molecule has 1 unspecified atom stereocenters. The van der Waals surface area contributed by atoms with Gasteiger partial charge in [-0.15, -0.1) is 3.89 Å². The smallest absolute Gasteiger partial charge is 0.302 e. The maximum absolute atomic E-state index is 12.7. The van der Waals surface area contributed by atoms with Crippen LogP contribution in [0.5, 0.6) is 0 Å². The van der Waals surface area contributed by atoms with Crippen LogP contribution in [0.4, 0.5) is 9.57 Å². The molecule has 1 aromatic carbocycles. The maximum atomic E-state index is 12.7. The van der Waals surface area contributed by atoms with Gasteiger partial charge in [0.25, 0.3) is 0 Å². The molecule has 106 valence electrons. The van der Waals surface area contributed by atoms with Crippen molar-refractivity contribution in [2.45, 2.75) is 6.42 Å². The van der Waals surface area contributed by atoms with E-state index in [1.165, 1.54) is 4.90 Å². The summed E-state index contributed by atoms with van der Waals surface area (Å²) in [6, 6.07) is 6.94. The molecule has 1 amide bonds. The van der Waals surface area contributed by atoms with Crippen molar-refractivity contribution in [3.63, 3.8) is 0 Å². The van der Waals surface area contributed by atoms with Gasteiger partial charge in [0.15, 0.2) is 0 Å². The van der Waals surface area contributed by atoms with E-state index in [2.05, 4.69) is 15.9 Å². The highest BCUT2D eigenvalue weighted by Gasteiger charge is 2.34. The number of anilines is 1. The molecule has 0 radical (unpaired) electrons. The van der Waals surface area contributed by atoms with Crippen molar-refractivity contribution in [3.8, 4) is 6.07 Å². The number of benzene rings is 1. The lowest BCUT2D eigenvalue weighted by atomic mass is 10.1. The fourth-order valence-corrected chi connectivity index (χ4v) is 3.49. The summed E-state index contributed by atoms with van der Waals surface area (Å²) in [4.78, 5) is 13.3. The van der Waals surface area contributed by atoms with Crippen molar-refractivity contribution < 1.29 is 17.1 Å². The second-order valence-electron chi connectivity index (χ2n) is 4.53. The largest absolute Gasteiger partial charge is 0.311 e. The Morgan fingerprint density at radius 1 is 1.50 bits per heavy atom. The summed E-state index contributed by atoms with van der Waals surface area (Å²) in [6.07, 6.45) is -0.0411. The molecule has 2 rings (SSSR count). The van der Waals surface area contributed by atoms with Crippen molar-refractivity contribution in [2.24, 2.45) is 5.92 Å². The number of nitriles is 1. The molecule has 8 heteroatoms. The first-order chi connectivity index (χ1) is 9.31. The van der Waals surface area contributed by atoms with Crippen LogP contribution in [0, 0.1) is 17.2 Å². The number of carbonyl (C=O) groups excluding carboxylic acids is 1. The van der Waals surface area contributed by atoms with E-state index in [1.54, 1.807) is 18.2 Å². The van der Waals surface area contributed by atoms with Gasteiger partial charge in [-0.1, -0.05) is 6.07 Å². The number of nitrogens with zero attached hydrogens (tertiary/aromatic N) is 2. The molecule has 0 aliphatic carbocycles. The summed E-state index contributed by atoms with van der Waals surface area (Å²) in [5, 5.41) is 9.12. The van der Waals surface area contributed by atoms with Gasteiger partial charge in [0.05, 0.1) is 17.0 Å². The summed E-state index contributed by atoms with van der Waals surface area (Å²) >= 11 is 3.22. The molecule has 1 aliphatic heterocycles. The molecular formula is C12H10BrFN2O3S. The second kappa shape index (κ2) is 5.50. The van der Waals surface area contributed by atoms with Gasteiger partial charge in [-0.3, -0.25) is 4.79 Å². The summed E-state index contributed by atoms with van der Waals surface area (Å²) in [6.45, 7) is 0.0904. The highest BCUT2D eigenvalue weighted by Crippen LogP contribution is 2.32. The summed E-state index contributed by atoms with van der Waals surface area (Å²) in [5.74, 6) is -1.58. The lowest BCUT2D eigenvalue weighted by Gasteiger charge is -2.18. The summed E-state index contributed by atoms with van der Waals surface area (Å²) in [7, 11) is -4.61. The minimum atomic E-state index is -4.61. The number of carbonyl (C=O) groups is 1. The van der Waals surface area contributed by atoms with Gasteiger partial charge in [0.2, 0.25) is 5.91 Å². The zero-order valence-corrected chi connectivity index (χ0v) is 12.6. The van der Waals surface area contributed by atoms with Crippen molar-refractivity contribution in [1.29, 1.82) is 5.26 Å². The average molecular weight is 361 g/mol. The Morgan fingerprint density at radius 2 is 2.20 bits per heavy atom. The van der Waals surface area contributed by atoms with E-state index in [4.69, 9.17) is 5.26 Å². The highest BCUT2D eigenvalue weighted by atomic mass is 79.9. The Labute approximate surface area is 124 Å². The fourth-order valence-electron chi connectivity index (χ4n) is 2.26. The predicted octanol–water partition coefficient (Wildman–Crippen LogP) is 1.97. The van der Waals surface area contributed by atoms with E-state index < -0.39 is 21.9 Å². The molecule has 0 bridgehead atoms. The van der Waals surface area contributed by atoms with Crippen LogP contribution in [-0.2, 0) is 15.0 Å². The predicted molar refractivity (Wildman–Crippen MR) is 74.2 cm³/mol. The SMILES string of the molecule is N#Cc1c(Br)cccc1N1CC(CS(=O)(=O)F)CC1=O. The Kier molecular flexibility index (Phi) is 4.11. The van der Waals surface area contributed by atoms with Crippen LogP contribution < -0.4 is 4.90 Å². The van der Waals surface area contributed by atoms with E-state index in [1.807, 2.05) is 6.07 Å². The Bertz CT molecular complexity index is 699. The number of hydrogen-bond donors (Lipinski definition) is 0. The van der Waals surface area contributed by atoms with E-state index in [-0.39, 0.29) is 18.9 Å². The number of amides is 1. The third-order valence-corrected chi connectivity index (χ3v) is 4.56. The van der Waals surface area contributed by atoms with E-state index in [0.717, 1.165) is 0 Å². The molecule has 1 fully saturated rings. The lowest BCUT2D eigenvalue weighted by molar-refractivity contribution is -0.117. The molecule has 1 atom stereocenters. The van der Waals surface area contributed by atoms with Crippen molar-refractivity contribution in [3.05, 3.63) is 28.2 Å². The zero-order chi connectivity index (χ0) is 14.9. The first kappa shape index (κ1) is 14.9. The molecule has 1 aliphatic rings. The van der Waals surface area contributed by atoms with Gasteiger partial charge in [-0.05, 0) is 28.1 Å². The molecule has 0 saturated carbocycles. The first-order valence-corrected chi connectivity index (χ1v) is 8.07. The first-order valence-electron chi connectivity index (χ1n) is 5.73. The normalized spacial score (nSPS) is 19.1. The van der Waals surface area contributed by atoms with E-state index in [9.17, 15) is 17.1 Å². The minimum absolute atomic E-state index is 0.0411. The van der Waals surface area contributed by atoms with Gasteiger partial charge in [-0.25, -0.2) is 0 Å². The topological polar surface area (TPSA) is 78.2 Å². The zero-order valence-electron chi connectivity index (χ0n) is 10.2. The third kappa shape index (κ3) is 3.16. The average Bonchev–Trinajstić information content (AvgIpc) is 2.67. The van der Waals surface area contributed by atoms with Crippen molar-refractivity contribution in [2.75, 3.05) is 17.2 Å². The van der Waals surface area contributed by atoms with Crippen LogP contribution in [-0.4, -0.2) is 26.6 Å². The number of halogens is 2. The van der Waals surface area contributed by atoms with Gasteiger partial charge in [0, 0.05) is 23.4 Å². The standard InChI is InChI=1S/C12H10BrFN2O3S/c13-10-2-1-3-11(9(10)5-15)16-6-8(4-12(16)17)7-20(14,18)19/h1-3,8H,4,6-7H2. The third-order valence-electron chi connectivity index (χ3n) is 3.03. The lowest BCUT2D eigenvalue weighted by Crippen LogP contribution is -2.26. The van der Waals surface area contributed by atoms with Gasteiger partial charge >= 0.3 is 10.2 Å². The van der Waals surface area contributed by atoms with Gasteiger partial charge in [0.1, 0.15) is 6.07 Å². The van der Waals surface area contributed by atoms with E-state index >= 15 is 0 Å². The monoisotopic (exact) mass is 360 g/mol. The second-order valence-corrected chi connectivity index (χ2v) is 6.79. The molecule has 0 N–H and O–H groups in total. The summed E-state index contributed by atoms with van der Waals surface area (Å²) in [5.41, 5.74) is 0.704. The molecular weight excluding hydrogens is 351 g/mol. The van der Waals surface area contributed by atoms with E-state index in [0.29, 0.717) is 15.7 Å². The summed E-state index contributed by atoms with van der Waals surface area (Å²) < 4.78 is 34.6. The Hall–Kier alpha value is -1.46. The molecule has 0 spiro atoms. The minimum Gasteiger partial charge on any atom is -0.311 e. The molecule has 1 aromatic rings. The molecule has 1 heterocycles. The van der Waals surface area contributed by atoms with Crippen LogP contribution in [0.1, 0.15) is 12.0 Å². The highest BCUT2D eigenvalue weighted by molar-refractivity contribution is 9.10. The van der Waals surface area contributed by atoms with Crippen LogP contribution in [0.3, 0.4) is 0 Å². The molecule has 0 aromatic heterocycles. The van der Waals surface area contributed by atoms with Crippen LogP contribution in [0.15, 0.2) is 22.7 Å². The van der Waals surface area contributed by atoms with Crippen LogP contribution in [0.2, 0.25) is 0 Å². The molecule has 5 nitrogen and oxygen atoms in total. The van der Waals surface area contributed by atoms with Crippen molar-refractivity contribution >= 4 is 37.7 Å². The number of hydrogen-bond acceptors (Lipinski definition) is 4. The van der Waals surface area contributed by atoms with Crippen molar-refractivity contribution in [1.82, 2.24) is 0 Å². The molecule has 20 heavy (non-hydrogen) atoms. The molecule has 1 saturated heterocycles. The fraction of sp³-hybridized carbons (Fsp3) is 0.333. The van der Waals surface area contributed by atoms with Crippen LogP contribution in [0.25, 0.3) is 0 Å². The quantitative estimate of drug-likeness (QED) is 0.772. The van der Waals surface area contributed by atoms with Crippen LogP contribution >= 0.6 is 15.9 Å². The Balaban J connectivity index is 2.30. The number of rotatable bonds is 3. The maximum Gasteiger partial charge on any atom is 0.302 e. The Morgan fingerprint density at radius 3 is 2.80 bits per heavy atom.